The zero-order chi connectivity index (χ0) is 28.4. The Hall–Kier alpha value is -2.86. The summed E-state index contributed by atoms with van der Waals surface area (Å²) in [7, 11) is 5.71. The number of nitrogens with one attached hydrogen (secondary N) is 1. The normalized spacial score (nSPS) is 12.1. The van der Waals surface area contributed by atoms with Crippen LogP contribution in [0.4, 0.5) is 10.1 Å². The second-order valence-corrected chi connectivity index (χ2v) is 10.8. The molecule has 38 heavy (non-hydrogen) atoms. The molecule has 11 heteroatoms. The standard InChI is InChI=1S/C27H39FN4O5S/c1-19-14-23(36-7)15-20(2)27(19)38(35)31(6)12-13-37-18-26(34)29-17-22-8-9-25(24(28)16-22)32(21(3)33)11-10-30(4)5/h8-9,14-16H,10-13,17-18H2,1-7H3,(H,29,34). The number of methoxy groups -OCH3 is 1. The molecule has 1 atom stereocenters. The molecular weight excluding hydrogens is 511 g/mol. The maximum atomic E-state index is 14.7. The fourth-order valence-electron chi connectivity index (χ4n) is 3.78. The van der Waals surface area contributed by atoms with Gasteiger partial charge >= 0.3 is 0 Å². The number of ether oxygens (including phenoxy) is 2. The first kappa shape index (κ1) is 31.4. The van der Waals surface area contributed by atoms with E-state index >= 15 is 0 Å². The molecule has 0 radical (unpaired) electrons. The van der Waals surface area contributed by atoms with E-state index in [9.17, 15) is 18.2 Å². The largest absolute Gasteiger partial charge is 0.497 e. The molecule has 1 unspecified atom stereocenters. The molecule has 2 amide bonds. The van der Waals surface area contributed by atoms with Gasteiger partial charge in [-0.3, -0.25) is 9.59 Å². The number of likely N-dealkylation sites (N-methyl/N-ethyl adjacent to an activating group) is 2. The third kappa shape index (κ3) is 9.16. The number of aryl methyl sites for hydroxylation is 2. The van der Waals surface area contributed by atoms with Gasteiger partial charge < -0.3 is 24.6 Å². The van der Waals surface area contributed by atoms with Crippen molar-refractivity contribution in [2.75, 3.05) is 66.0 Å². The highest BCUT2D eigenvalue weighted by Gasteiger charge is 2.18. The van der Waals surface area contributed by atoms with Crippen LogP contribution in [0.2, 0.25) is 0 Å². The molecule has 0 aliphatic rings. The SMILES string of the molecule is COc1cc(C)c(S(=O)N(C)CCOCC(=O)NCc2ccc(N(CCN(C)C)C(C)=O)c(F)c2)c(C)c1. The molecule has 0 heterocycles. The van der Waals surface area contributed by atoms with E-state index in [0.29, 0.717) is 25.2 Å². The van der Waals surface area contributed by atoms with Crippen LogP contribution < -0.4 is 15.0 Å². The van der Waals surface area contributed by atoms with Gasteiger partial charge in [0.25, 0.3) is 0 Å². The molecule has 1 N–H and O–H groups in total. The molecule has 0 fully saturated rings. The summed E-state index contributed by atoms with van der Waals surface area (Å²) in [5, 5.41) is 2.70. The zero-order valence-electron chi connectivity index (χ0n) is 23.3. The molecular formula is C27H39FN4O5S. The quantitative estimate of drug-likeness (QED) is 0.364. The summed E-state index contributed by atoms with van der Waals surface area (Å²) in [6.07, 6.45) is 0. The molecule has 0 aliphatic carbocycles. The summed E-state index contributed by atoms with van der Waals surface area (Å²) in [5.74, 6) is -0.404. The number of halogens is 1. The second-order valence-electron chi connectivity index (χ2n) is 9.28. The smallest absolute Gasteiger partial charge is 0.246 e. The van der Waals surface area contributed by atoms with Gasteiger partial charge in [0.2, 0.25) is 11.8 Å². The van der Waals surface area contributed by atoms with E-state index in [0.717, 1.165) is 21.8 Å². The predicted octanol–water partition coefficient (Wildman–Crippen LogP) is 2.65. The number of carbonyl (C=O) groups is 2. The van der Waals surface area contributed by atoms with Crippen molar-refractivity contribution < 1.29 is 27.7 Å². The van der Waals surface area contributed by atoms with Crippen LogP contribution in [0.1, 0.15) is 23.6 Å². The monoisotopic (exact) mass is 550 g/mol. The van der Waals surface area contributed by atoms with Crippen LogP contribution in [0, 0.1) is 19.7 Å². The summed E-state index contributed by atoms with van der Waals surface area (Å²) >= 11 is 0. The third-order valence-electron chi connectivity index (χ3n) is 5.85. The predicted molar refractivity (Wildman–Crippen MR) is 147 cm³/mol. The first-order valence-corrected chi connectivity index (χ1v) is 13.4. The Labute approximate surface area is 227 Å². The average Bonchev–Trinajstić information content (AvgIpc) is 2.85. The van der Waals surface area contributed by atoms with Crippen molar-refractivity contribution in [1.29, 1.82) is 0 Å². The maximum Gasteiger partial charge on any atom is 0.246 e. The van der Waals surface area contributed by atoms with Gasteiger partial charge in [-0.2, -0.15) is 0 Å². The first-order chi connectivity index (χ1) is 17.9. The molecule has 0 aromatic heterocycles. The van der Waals surface area contributed by atoms with Crippen molar-refractivity contribution in [3.8, 4) is 5.75 Å². The van der Waals surface area contributed by atoms with Gasteiger partial charge in [-0.1, -0.05) is 6.07 Å². The molecule has 210 valence electrons. The fourth-order valence-corrected chi connectivity index (χ4v) is 5.00. The first-order valence-electron chi connectivity index (χ1n) is 12.3. The Bertz CT molecular complexity index is 1120. The van der Waals surface area contributed by atoms with Gasteiger partial charge in [0.1, 0.15) is 29.2 Å². The lowest BCUT2D eigenvalue weighted by molar-refractivity contribution is -0.125. The minimum atomic E-state index is -1.38. The van der Waals surface area contributed by atoms with Crippen LogP contribution in [-0.4, -0.2) is 86.3 Å². The highest BCUT2D eigenvalue weighted by molar-refractivity contribution is 7.82. The number of anilines is 1. The number of amides is 2. The lowest BCUT2D eigenvalue weighted by Crippen LogP contribution is -2.35. The fraction of sp³-hybridized carbons (Fsp3) is 0.481. The Morgan fingerprint density at radius 2 is 1.68 bits per heavy atom. The van der Waals surface area contributed by atoms with E-state index in [-0.39, 0.29) is 37.3 Å². The molecule has 0 saturated heterocycles. The van der Waals surface area contributed by atoms with Crippen LogP contribution in [0.5, 0.6) is 5.75 Å². The second kappa shape index (κ2) is 14.9. The minimum Gasteiger partial charge on any atom is -0.497 e. The van der Waals surface area contributed by atoms with Gasteiger partial charge in [-0.05, 0) is 68.9 Å². The average molecular weight is 551 g/mol. The number of hydrogen-bond donors (Lipinski definition) is 1. The summed E-state index contributed by atoms with van der Waals surface area (Å²) in [6, 6.07) is 8.23. The summed E-state index contributed by atoms with van der Waals surface area (Å²) in [4.78, 5) is 28.2. The van der Waals surface area contributed by atoms with Gasteiger partial charge in [-0.25, -0.2) is 12.9 Å². The van der Waals surface area contributed by atoms with E-state index in [4.69, 9.17) is 9.47 Å². The van der Waals surface area contributed by atoms with Crippen LogP contribution in [-0.2, 0) is 31.9 Å². The van der Waals surface area contributed by atoms with Crippen LogP contribution in [0.25, 0.3) is 0 Å². The van der Waals surface area contributed by atoms with Crippen molar-refractivity contribution in [3.63, 3.8) is 0 Å². The Kier molecular flexibility index (Phi) is 12.3. The number of carbonyl (C=O) groups excluding carboxylic acids is 2. The Morgan fingerprint density at radius 3 is 2.24 bits per heavy atom. The molecule has 0 aliphatic heterocycles. The van der Waals surface area contributed by atoms with Crippen molar-refractivity contribution in [1.82, 2.24) is 14.5 Å². The molecule has 2 aromatic rings. The lowest BCUT2D eigenvalue weighted by Gasteiger charge is -2.24. The summed E-state index contributed by atoms with van der Waals surface area (Å²) in [6.45, 7) is 6.67. The molecule has 0 bridgehead atoms. The van der Waals surface area contributed by atoms with Crippen molar-refractivity contribution in [2.45, 2.75) is 32.2 Å². The van der Waals surface area contributed by atoms with E-state index in [1.54, 1.807) is 30.6 Å². The molecule has 0 spiro atoms. The number of hydrogen-bond acceptors (Lipinski definition) is 6. The van der Waals surface area contributed by atoms with Gasteiger partial charge in [0.05, 0.1) is 24.3 Å². The minimum absolute atomic E-state index is 0.122. The molecule has 2 aromatic carbocycles. The topological polar surface area (TPSA) is 91.4 Å². The van der Waals surface area contributed by atoms with Crippen LogP contribution >= 0.6 is 0 Å². The number of nitrogens with zero attached hydrogens (tertiary/aromatic N) is 3. The van der Waals surface area contributed by atoms with Crippen LogP contribution in [0.15, 0.2) is 35.2 Å². The highest BCUT2D eigenvalue weighted by atomic mass is 32.2. The van der Waals surface area contributed by atoms with Crippen molar-refractivity contribution in [3.05, 3.63) is 52.8 Å². The Morgan fingerprint density at radius 1 is 1.03 bits per heavy atom. The molecule has 0 saturated carbocycles. The van der Waals surface area contributed by atoms with E-state index in [1.807, 2.05) is 45.0 Å². The summed E-state index contributed by atoms with van der Waals surface area (Å²) < 4.78 is 40.1. The van der Waals surface area contributed by atoms with E-state index in [2.05, 4.69) is 5.32 Å². The van der Waals surface area contributed by atoms with Gasteiger partial charge in [-0.15, -0.1) is 0 Å². The molecule has 2 rings (SSSR count). The molecule has 9 nitrogen and oxygen atoms in total. The number of rotatable bonds is 14. The number of benzene rings is 2. The summed E-state index contributed by atoms with van der Waals surface area (Å²) in [5.41, 5.74) is 2.52. The van der Waals surface area contributed by atoms with Crippen LogP contribution in [0.3, 0.4) is 0 Å². The van der Waals surface area contributed by atoms with Crippen molar-refractivity contribution in [2.24, 2.45) is 0 Å². The Balaban J connectivity index is 1.81. The van der Waals surface area contributed by atoms with E-state index in [1.165, 1.54) is 17.9 Å². The zero-order valence-corrected chi connectivity index (χ0v) is 24.1. The van der Waals surface area contributed by atoms with Gasteiger partial charge in [0.15, 0.2) is 0 Å². The lowest BCUT2D eigenvalue weighted by atomic mass is 10.1. The van der Waals surface area contributed by atoms with Crippen molar-refractivity contribution >= 4 is 28.5 Å². The highest BCUT2D eigenvalue weighted by Crippen LogP contribution is 2.25. The maximum absolute atomic E-state index is 14.7. The third-order valence-corrected chi connectivity index (χ3v) is 7.60. The van der Waals surface area contributed by atoms with Gasteiger partial charge in [0, 0.05) is 40.2 Å². The van der Waals surface area contributed by atoms with E-state index < -0.39 is 16.8 Å².